The zero-order valence-corrected chi connectivity index (χ0v) is 16.8. The molecule has 0 bridgehead atoms. The number of carbonyl (C=O) groups is 2. The van der Waals surface area contributed by atoms with Crippen LogP contribution in [-0.2, 0) is 17.9 Å². The number of nitrogens with one attached hydrogen (secondary N) is 1. The second-order valence-corrected chi connectivity index (χ2v) is 6.91. The van der Waals surface area contributed by atoms with Crippen molar-refractivity contribution in [3.63, 3.8) is 0 Å². The van der Waals surface area contributed by atoms with Crippen LogP contribution in [0.5, 0.6) is 5.75 Å². The molecule has 0 spiro atoms. The van der Waals surface area contributed by atoms with E-state index in [2.05, 4.69) is 5.32 Å². The number of hydrogen-bond acceptors (Lipinski definition) is 3. The van der Waals surface area contributed by atoms with E-state index in [0.717, 1.165) is 16.7 Å². The number of halogens is 1. The molecule has 0 aliphatic rings. The molecule has 0 aliphatic carbocycles. The van der Waals surface area contributed by atoms with Crippen molar-refractivity contribution in [1.82, 2.24) is 5.32 Å². The second-order valence-electron chi connectivity index (χ2n) is 6.51. The summed E-state index contributed by atoms with van der Waals surface area (Å²) < 4.78 is 5.74. The fourth-order valence-corrected chi connectivity index (χ4v) is 2.88. The van der Waals surface area contributed by atoms with Crippen molar-refractivity contribution in [2.75, 3.05) is 0 Å². The van der Waals surface area contributed by atoms with Gasteiger partial charge in [0, 0.05) is 23.2 Å². The summed E-state index contributed by atoms with van der Waals surface area (Å²) in [5.41, 5.74) is 2.67. The summed E-state index contributed by atoms with van der Waals surface area (Å²) in [7, 11) is 0. The summed E-state index contributed by atoms with van der Waals surface area (Å²) in [6.07, 6.45) is 3.13. The summed E-state index contributed by atoms with van der Waals surface area (Å²) in [6.45, 7) is 0.624. The standard InChI is InChI=1S/C24H20ClNO4/c25-22-7-2-1-5-20(22)16-30-21-11-8-17(9-12-21)10-13-23(27)26-15-18-4-3-6-19(14-18)24(28)29/h1-14H,15-16H2,(H,26,27)(H,28,29)/b13-10+. The minimum Gasteiger partial charge on any atom is -0.489 e. The summed E-state index contributed by atoms with van der Waals surface area (Å²) in [5.74, 6) is -0.563. The van der Waals surface area contributed by atoms with Crippen LogP contribution in [0, 0.1) is 0 Å². The van der Waals surface area contributed by atoms with Crippen LogP contribution in [0.15, 0.2) is 78.9 Å². The number of carboxylic acid groups (broad SMARTS) is 1. The van der Waals surface area contributed by atoms with Gasteiger partial charge in [0.2, 0.25) is 5.91 Å². The summed E-state index contributed by atoms with van der Waals surface area (Å²) in [4.78, 5) is 23.0. The molecular formula is C24H20ClNO4. The Morgan fingerprint density at radius 3 is 2.50 bits per heavy atom. The van der Waals surface area contributed by atoms with E-state index in [1.807, 2.05) is 48.5 Å². The van der Waals surface area contributed by atoms with Gasteiger partial charge in [-0.2, -0.15) is 0 Å². The minimum absolute atomic E-state index is 0.189. The lowest BCUT2D eigenvalue weighted by atomic mass is 10.1. The molecule has 1 amide bonds. The van der Waals surface area contributed by atoms with Crippen molar-refractivity contribution < 1.29 is 19.4 Å². The lowest BCUT2D eigenvalue weighted by molar-refractivity contribution is -0.116. The Bertz CT molecular complexity index is 1060. The van der Waals surface area contributed by atoms with Gasteiger partial charge in [-0.15, -0.1) is 0 Å². The van der Waals surface area contributed by atoms with Crippen molar-refractivity contribution in [1.29, 1.82) is 0 Å². The maximum Gasteiger partial charge on any atom is 0.335 e. The molecule has 0 saturated carbocycles. The maximum absolute atomic E-state index is 12.0. The Kier molecular flexibility index (Phi) is 7.24. The first-order valence-electron chi connectivity index (χ1n) is 9.26. The van der Waals surface area contributed by atoms with Gasteiger partial charge in [-0.3, -0.25) is 4.79 Å². The average molecular weight is 422 g/mol. The smallest absolute Gasteiger partial charge is 0.335 e. The van der Waals surface area contributed by atoms with Crippen LogP contribution in [0.2, 0.25) is 5.02 Å². The third-order valence-electron chi connectivity index (χ3n) is 4.30. The van der Waals surface area contributed by atoms with Crippen LogP contribution in [0.3, 0.4) is 0 Å². The van der Waals surface area contributed by atoms with E-state index < -0.39 is 5.97 Å². The third kappa shape index (κ3) is 6.22. The Labute approximate surface area is 179 Å². The van der Waals surface area contributed by atoms with E-state index in [9.17, 15) is 9.59 Å². The molecule has 3 aromatic carbocycles. The predicted molar refractivity (Wildman–Crippen MR) is 117 cm³/mol. The van der Waals surface area contributed by atoms with Crippen LogP contribution in [0.1, 0.15) is 27.0 Å². The zero-order valence-electron chi connectivity index (χ0n) is 16.0. The summed E-state index contributed by atoms with van der Waals surface area (Å²) >= 11 is 6.12. The van der Waals surface area contributed by atoms with Crippen LogP contribution in [-0.4, -0.2) is 17.0 Å². The molecular weight excluding hydrogens is 402 g/mol. The molecule has 3 aromatic rings. The number of rotatable bonds is 8. The van der Waals surface area contributed by atoms with E-state index in [1.165, 1.54) is 18.2 Å². The molecule has 0 heterocycles. The molecule has 3 rings (SSSR count). The average Bonchev–Trinajstić information content (AvgIpc) is 2.76. The normalized spacial score (nSPS) is 10.7. The highest BCUT2D eigenvalue weighted by atomic mass is 35.5. The minimum atomic E-state index is -0.998. The molecule has 2 N–H and O–H groups in total. The molecule has 0 unspecified atom stereocenters. The van der Waals surface area contributed by atoms with E-state index in [1.54, 1.807) is 18.2 Å². The second kappa shape index (κ2) is 10.3. The molecule has 6 heteroatoms. The Balaban J connectivity index is 1.49. The first-order valence-corrected chi connectivity index (χ1v) is 9.63. The van der Waals surface area contributed by atoms with Crippen molar-refractivity contribution >= 4 is 29.6 Å². The van der Waals surface area contributed by atoms with Gasteiger partial charge in [0.15, 0.2) is 0 Å². The molecule has 0 atom stereocenters. The van der Waals surface area contributed by atoms with Crippen molar-refractivity contribution in [2.24, 2.45) is 0 Å². The molecule has 0 fully saturated rings. The number of amides is 1. The van der Waals surface area contributed by atoms with Gasteiger partial charge in [-0.25, -0.2) is 4.79 Å². The number of carbonyl (C=O) groups excluding carboxylic acids is 1. The van der Waals surface area contributed by atoms with Crippen molar-refractivity contribution in [3.8, 4) is 5.75 Å². The Hall–Kier alpha value is -3.57. The van der Waals surface area contributed by atoms with Gasteiger partial charge in [0.1, 0.15) is 12.4 Å². The Morgan fingerprint density at radius 1 is 1.00 bits per heavy atom. The predicted octanol–water partition coefficient (Wildman–Crippen LogP) is 4.95. The third-order valence-corrected chi connectivity index (χ3v) is 4.67. The lowest BCUT2D eigenvalue weighted by Gasteiger charge is -2.08. The zero-order chi connectivity index (χ0) is 21.3. The van der Waals surface area contributed by atoms with Gasteiger partial charge in [0.05, 0.1) is 5.56 Å². The molecule has 0 aliphatic heterocycles. The monoisotopic (exact) mass is 421 g/mol. The topological polar surface area (TPSA) is 75.6 Å². The van der Waals surface area contributed by atoms with E-state index in [4.69, 9.17) is 21.4 Å². The van der Waals surface area contributed by atoms with Crippen molar-refractivity contribution in [2.45, 2.75) is 13.2 Å². The molecule has 0 radical (unpaired) electrons. The van der Waals surface area contributed by atoms with Crippen LogP contribution >= 0.6 is 11.6 Å². The van der Waals surface area contributed by atoms with E-state index in [0.29, 0.717) is 17.4 Å². The van der Waals surface area contributed by atoms with E-state index >= 15 is 0 Å². The van der Waals surface area contributed by atoms with Gasteiger partial charge in [-0.1, -0.05) is 54.1 Å². The quantitative estimate of drug-likeness (QED) is 0.505. The molecule has 152 valence electrons. The summed E-state index contributed by atoms with van der Waals surface area (Å²) in [5, 5.41) is 12.4. The highest BCUT2D eigenvalue weighted by Gasteiger charge is 2.04. The highest BCUT2D eigenvalue weighted by molar-refractivity contribution is 6.31. The summed E-state index contributed by atoms with van der Waals surface area (Å²) in [6, 6.07) is 21.3. The van der Waals surface area contributed by atoms with Gasteiger partial charge >= 0.3 is 5.97 Å². The number of carboxylic acids is 1. The van der Waals surface area contributed by atoms with Gasteiger partial charge in [0.25, 0.3) is 0 Å². The number of benzene rings is 3. The fourth-order valence-electron chi connectivity index (χ4n) is 2.69. The first-order chi connectivity index (χ1) is 14.5. The lowest BCUT2D eigenvalue weighted by Crippen LogP contribution is -2.20. The maximum atomic E-state index is 12.0. The fraction of sp³-hybridized carbons (Fsp3) is 0.0833. The van der Waals surface area contributed by atoms with Crippen LogP contribution in [0.4, 0.5) is 0 Å². The van der Waals surface area contributed by atoms with Gasteiger partial charge < -0.3 is 15.2 Å². The van der Waals surface area contributed by atoms with Crippen molar-refractivity contribution in [3.05, 3.63) is 106 Å². The van der Waals surface area contributed by atoms with Gasteiger partial charge in [-0.05, 0) is 47.5 Å². The molecule has 0 saturated heterocycles. The van der Waals surface area contributed by atoms with Crippen LogP contribution in [0.25, 0.3) is 6.08 Å². The number of aromatic carboxylic acids is 1. The molecule has 5 nitrogen and oxygen atoms in total. The molecule has 0 aromatic heterocycles. The molecule has 30 heavy (non-hydrogen) atoms. The Morgan fingerprint density at radius 2 is 1.77 bits per heavy atom. The largest absolute Gasteiger partial charge is 0.489 e. The number of ether oxygens (including phenoxy) is 1. The van der Waals surface area contributed by atoms with E-state index in [-0.39, 0.29) is 18.0 Å². The SMILES string of the molecule is O=C(/C=C/c1ccc(OCc2ccccc2Cl)cc1)NCc1cccc(C(=O)O)c1. The highest BCUT2D eigenvalue weighted by Crippen LogP contribution is 2.19. The van der Waals surface area contributed by atoms with Crippen LogP contribution < -0.4 is 10.1 Å². The number of hydrogen-bond donors (Lipinski definition) is 2. The first kappa shape index (κ1) is 21.1.